The van der Waals surface area contributed by atoms with Crippen molar-refractivity contribution in [2.24, 2.45) is 0 Å². The lowest BCUT2D eigenvalue weighted by atomic mass is 10.1. The number of nitrogens with zero attached hydrogens (tertiary/aromatic N) is 2. The van der Waals surface area contributed by atoms with Crippen molar-refractivity contribution in [3.63, 3.8) is 0 Å². The van der Waals surface area contributed by atoms with Crippen molar-refractivity contribution >= 4 is 0 Å². The SMILES string of the molecule is CCn1nc(C)c(C(C)NC(C)CCOC)c1C. The number of aryl methyl sites for hydroxylation is 2. The van der Waals surface area contributed by atoms with Crippen LogP contribution >= 0.6 is 0 Å². The molecule has 0 fully saturated rings. The molecular formula is C14H27N3O. The fourth-order valence-electron chi connectivity index (χ4n) is 2.53. The number of methoxy groups -OCH3 is 1. The van der Waals surface area contributed by atoms with Gasteiger partial charge in [0, 0.05) is 43.6 Å². The highest BCUT2D eigenvalue weighted by Gasteiger charge is 2.18. The second kappa shape index (κ2) is 6.90. The monoisotopic (exact) mass is 253 g/mol. The van der Waals surface area contributed by atoms with Gasteiger partial charge in [-0.15, -0.1) is 0 Å². The van der Waals surface area contributed by atoms with Crippen molar-refractivity contribution in [1.82, 2.24) is 15.1 Å². The first-order valence-electron chi connectivity index (χ1n) is 6.80. The first kappa shape index (κ1) is 15.2. The zero-order valence-electron chi connectivity index (χ0n) is 12.6. The molecule has 18 heavy (non-hydrogen) atoms. The zero-order chi connectivity index (χ0) is 13.7. The average molecular weight is 253 g/mol. The van der Waals surface area contributed by atoms with E-state index in [2.05, 4.69) is 49.7 Å². The van der Waals surface area contributed by atoms with Gasteiger partial charge in [0.05, 0.1) is 5.69 Å². The second-order valence-electron chi connectivity index (χ2n) is 4.97. The number of hydrogen-bond acceptors (Lipinski definition) is 3. The highest BCUT2D eigenvalue weighted by molar-refractivity contribution is 5.27. The first-order valence-corrected chi connectivity index (χ1v) is 6.80. The third kappa shape index (κ3) is 3.56. The Balaban J connectivity index is 2.71. The van der Waals surface area contributed by atoms with E-state index >= 15 is 0 Å². The summed E-state index contributed by atoms with van der Waals surface area (Å²) in [4.78, 5) is 0. The lowest BCUT2D eigenvalue weighted by molar-refractivity contribution is 0.183. The van der Waals surface area contributed by atoms with Crippen molar-refractivity contribution in [3.8, 4) is 0 Å². The molecule has 0 saturated carbocycles. The predicted octanol–water partition coefficient (Wildman–Crippen LogP) is 2.60. The normalized spacial score (nSPS) is 14.8. The molecule has 0 aliphatic carbocycles. The molecule has 0 amide bonds. The summed E-state index contributed by atoms with van der Waals surface area (Å²) >= 11 is 0. The molecule has 2 unspecified atom stereocenters. The third-order valence-corrected chi connectivity index (χ3v) is 3.46. The van der Waals surface area contributed by atoms with Gasteiger partial charge in [-0.05, 0) is 41.0 Å². The van der Waals surface area contributed by atoms with E-state index in [-0.39, 0.29) is 0 Å². The Morgan fingerprint density at radius 3 is 2.50 bits per heavy atom. The van der Waals surface area contributed by atoms with E-state index in [0.29, 0.717) is 12.1 Å². The van der Waals surface area contributed by atoms with E-state index in [1.807, 2.05) is 0 Å². The lowest BCUT2D eigenvalue weighted by Crippen LogP contribution is -2.30. The Morgan fingerprint density at radius 1 is 1.33 bits per heavy atom. The number of nitrogens with one attached hydrogen (secondary N) is 1. The van der Waals surface area contributed by atoms with Gasteiger partial charge in [0.1, 0.15) is 0 Å². The summed E-state index contributed by atoms with van der Waals surface area (Å²) in [5.74, 6) is 0. The summed E-state index contributed by atoms with van der Waals surface area (Å²) in [6.45, 7) is 12.5. The van der Waals surface area contributed by atoms with Gasteiger partial charge in [-0.25, -0.2) is 0 Å². The highest BCUT2D eigenvalue weighted by atomic mass is 16.5. The maximum atomic E-state index is 5.11. The molecule has 0 radical (unpaired) electrons. The Kier molecular flexibility index (Phi) is 5.82. The molecule has 4 nitrogen and oxygen atoms in total. The minimum Gasteiger partial charge on any atom is -0.385 e. The van der Waals surface area contributed by atoms with Gasteiger partial charge in [-0.3, -0.25) is 4.68 Å². The number of hydrogen-bond donors (Lipinski definition) is 1. The van der Waals surface area contributed by atoms with Crippen molar-refractivity contribution in [2.45, 2.75) is 59.7 Å². The van der Waals surface area contributed by atoms with Crippen LogP contribution in [0.1, 0.15) is 50.2 Å². The lowest BCUT2D eigenvalue weighted by Gasteiger charge is -2.20. The first-order chi connectivity index (χ1) is 8.51. The van der Waals surface area contributed by atoms with Crippen LogP contribution in [0.5, 0.6) is 0 Å². The van der Waals surface area contributed by atoms with E-state index in [0.717, 1.165) is 25.3 Å². The molecule has 1 N–H and O–H groups in total. The van der Waals surface area contributed by atoms with E-state index in [9.17, 15) is 0 Å². The van der Waals surface area contributed by atoms with Gasteiger partial charge in [-0.2, -0.15) is 5.10 Å². The molecule has 1 heterocycles. The molecule has 1 aromatic rings. The van der Waals surface area contributed by atoms with Crippen molar-refractivity contribution in [3.05, 3.63) is 17.0 Å². The quantitative estimate of drug-likeness (QED) is 0.812. The molecule has 2 atom stereocenters. The van der Waals surface area contributed by atoms with Gasteiger partial charge in [0.2, 0.25) is 0 Å². The Bertz CT molecular complexity index is 373. The Labute approximate surface area is 111 Å². The number of aromatic nitrogens is 2. The average Bonchev–Trinajstić information content (AvgIpc) is 2.61. The van der Waals surface area contributed by atoms with E-state index in [1.54, 1.807) is 7.11 Å². The standard InChI is InChI=1S/C14H27N3O/c1-7-17-13(5)14(12(4)16-17)11(3)15-10(2)8-9-18-6/h10-11,15H,7-9H2,1-6H3. The minimum atomic E-state index is 0.331. The molecule has 0 saturated heterocycles. The van der Waals surface area contributed by atoms with Gasteiger partial charge in [0.25, 0.3) is 0 Å². The minimum absolute atomic E-state index is 0.331. The maximum absolute atomic E-state index is 5.11. The fraction of sp³-hybridized carbons (Fsp3) is 0.786. The van der Waals surface area contributed by atoms with Crippen LogP contribution in [-0.4, -0.2) is 29.5 Å². The largest absolute Gasteiger partial charge is 0.385 e. The van der Waals surface area contributed by atoms with E-state index in [1.165, 1.54) is 11.3 Å². The fourth-order valence-corrected chi connectivity index (χ4v) is 2.53. The van der Waals surface area contributed by atoms with Crippen molar-refractivity contribution < 1.29 is 4.74 Å². The third-order valence-electron chi connectivity index (χ3n) is 3.46. The zero-order valence-corrected chi connectivity index (χ0v) is 12.6. The number of rotatable bonds is 7. The van der Waals surface area contributed by atoms with Crippen LogP contribution in [0.15, 0.2) is 0 Å². The van der Waals surface area contributed by atoms with Crippen LogP contribution < -0.4 is 5.32 Å². The van der Waals surface area contributed by atoms with Crippen LogP contribution in [0.3, 0.4) is 0 Å². The van der Waals surface area contributed by atoms with Gasteiger partial charge in [0.15, 0.2) is 0 Å². The number of ether oxygens (including phenoxy) is 1. The molecule has 104 valence electrons. The topological polar surface area (TPSA) is 39.1 Å². The smallest absolute Gasteiger partial charge is 0.0644 e. The molecule has 0 aliphatic heterocycles. The van der Waals surface area contributed by atoms with E-state index < -0.39 is 0 Å². The van der Waals surface area contributed by atoms with Crippen molar-refractivity contribution in [1.29, 1.82) is 0 Å². The maximum Gasteiger partial charge on any atom is 0.0644 e. The predicted molar refractivity (Wildman–Crippen MR) is 74.9 cm³/mol. The summed E-state index contributed by atoms with van der Waals surface area (Å²) in [5, 5.41) is 8.19. The summed E-state index contributed by atoms with van der Waals surface area (Å²) in [7, 11) is 1.75. The molecule has 1 aromatic heterocycles. The van der Waals surface area contributed by atoms with Crippen LogP contribution in [0.2, 0.25) is 0 Å². The molecule has 4 heteroatoms. The van der Waals surface area contributed by atoms with Crippen LogP contribution in [0.4, 0.5) is 0 Å². The summed E-state index contributed by atoms with van der Waals surface area (Å²) < 4.78 is 7.18. The molecule has 0 bridgehead atoms. The second-order valence-corrected chi connectivity index (χ2v) is 4.97. The highest BCUT2D eigenvalue weighted by Crippen LogP contribution is 2.21. The Hall–Kier alpha value is -0.870. The van der Waals surface area contributed by atoms with Crippen LogP contribution in [0.25, 0.3) is 0 Å². The molecule has 1 rings (SSSR count). The molecule has 0 aliphatic rings. The summed E-state index contributed by atoms with van der Waals surface area (Å²) in [6.07, 6.45) is 1.03. The summed E-state index contributed by atoms with van der Waals surface area (Å²) in [5.41, 5.74) is 3.74. The molecule has 0 spiro atoms. The van der Waals surface area contributed by atoms with Gasteiger partial charge >= 0.3 is 0 Å². The van der Waals surface area contributed by atoms with Crippen LogP contribution in [0, 0.1) is 13.8 Å². The molecule has 0 aromatic carbocycles. The van der Waals surface area contributed by atoms with Crippen molar-refractivity contribution in [2.75, 3.05) is 13.7 Å². The van der Waals surface area contributed by atoms with Gasteiger partial charge < -0.3 is 10.1 Å². The van der Waals surface area contributed by atoms with Gasteiger partial charge in [-0.1, -0.05) is 0 Å². The Morgan fingerprint density at radius 2 is 2.00 bits per heavy atom. The molecular weight excluding hydrogens is 226 g/mol. The van der Waals surface area contributed by atoms with Crippen LogP contribution in [-0.2, 0) is 11.3 Å². The van der Waals surface area contributed by atoms with E-state index in [4.69, 9.17) is 4.74 Å². The summed E-state index contributed by atoms with van der Waals surface area (Å²) in [6, 6.07) is 0.779.